The van der Waals surface area contributed by atoms with E-state index >= 15 is 0 Å². The number of carbonyl (C=O) groups is 1. The summed E-state index contributed by atoms with van der Waals surface area (Å²) in [4.78, 5) is 14.5. The molecule has 1 aliphatic heterocycles. The number of amidine groups is 1. The van der Waals surface area contributed by atoms with Gasteiger partial charge in [-0.2, -0.15) is 13.2 Å². The summed E-state index contributed by atoms with van der Waals surface area (Å²) in [5.41, 5.74) is -0.829. The van der Waals surface area contributed by atoms with E-state index in [1.165, 1.54) is 6.07 Å². The summed E-state index contributed by atoms with van der Waals surface area (Å²) in [5, 5.41) is 7.59. The summed E-state index contributed by atoms with van der Waals surface area (Å²) in [6, 6.07) is 8.83. The lowest BCUT2D eigenvalue weighted by Gasteiger charge is -2.19. The second-order valence-corrected chi connectivity index (χ2v) is 6.96. The average molecular weight is 463 g/mol. The van der Waals surface area contributed by atoms with Gasteiger partial charge in [-0.3, -0.25) is 5.41 Å². The lowest BCUT2D eigenvalue weighted by atomic mass is 10.2. The monoisotopic (exact) mass is 461 g/mol. The molecule has 2 aromatic rings. The number of nitrogens with zero attached hydrogens (tertiary/aromatic N) is 2. The van der Waals surface area contributed by atoms with Gasteiger partial charge in [0.2, 0.25) is 0 Å². The second kappa shape index (κ2) is 6.64. The van der Waals surface area contributed by atoms with Gasteiger partial charge in [-0.05, 0) is 42.5 Å². The van der Waals surface area contributed by atoms with Crippen molar-refractivity contribution in [1.29, 1.82) is 5.41 Å². The van der Waals surface area contributed by atoms with Gasteiger partial charge in [0, 0.05) is 4.47 Å². The second-order valence-electron chi connectivity index (χ2n) is 5.25. The maximum absolute atomic E-state index is 13.1. The summed E-state index contributed by atoms with van der Waals surface area (Å²) < 4.78 is 40.0. The number of anilines is 2. The Morgan fingerprint density at radius 3 is 2.19 bits per heavy atom. The van der Waals surface area contributed by atoms with E-state index in [0.29, 0.717) is 5.69 Å². The van der Waals surface area contributed by atoms with Crippen molar-refractivity contribution in [3.63, 3.8) is 0 Å². The molecule has 0 unspecified atom stereocenters. The van der Waals surface area contributed by atoms with Crippen LogP contribution in [0, 0.1) is 5.41 Å². The molecule has 1 fully saturated rings. The van der Waals surface area contributed by atoms with Gasteiger partial charge in [0.05, 0.1) is 22.0 Å². The number of hydrogen-bond acceptors (Lipinski definition) is 3. The summed E-state index contributed by atoms with van der Waals surface area (Å²) in [7, 11) is 0. The van der Waals surface area contributed by atoms with Crippen molar-refractivity contribution < 1.29 is 18.0 Å². The molecule has 10 heteroatoms. The van der Waals surface area contributed by atoms with E-state index in [0.717, 1.165) is 26.4 Å². The number of hydrogen-bond donors (Lipinski definition) is 1. The summed E-state index contributed by atoms with van der Waals surface area (Å²) >= 11 is 14.0. The first-order valence-corrected chi connectivity index (χ1v) is 8.58. The minimum atomic E-state index is -4.69. The van der Waals surface area contributed by atoms with Crippen molar-refractivity contribution in [3.05, 3.63) is 57.5 Å². The van der Waals surface area contributed by atoms with Gasteiger partial charge in [0.15, 0.2) is 10.8 Å². The number of rotatable bonds is 2. The van der Waals surface area contributed by atoms with E-state index in [-0.39, 0.29) is 16.5 Å². The third-order valence-corrected chi connectivity index (χ3v) is 4.84. The van der Waals surface area contributed by atoms with Crippen molar-refractivity contribution in [2.24, 2.45) is 0 Å². The topological polar surface area (TPSA) is 47.4 Å². The molecule has 2 aromatic carbocycles. The highest BCUT2D eigenvalue weighted by Gasteiger charge is 2.42. The number of urea groups is 1. The Labute approximate surface area is 164 Å². The molecule has 1 aliphatic rings. The van der Waals surface area contributed by atoms with Crippen LogP contribution in [0.2, 0.25) is 5.02 Å². The molecule has 1 saturated heterocycles. The number of carbonyl (C=O) groups excluding carboxylic acids is 1. The zero-order valence-corrected chi connectivity index (χ0v) is 15.8. The number of amides is 2. The van der Waals surface area contributed by atoms with E-state index < -0.39 is 22.8 Å². The molecule has 3 rings (SSSR count). The van der Waals surface area contributed by atoms with E-state index in [1.807, 2.05) is 0 Å². The lowest BCUT2D eigenvalue weighted by Crippen LogP contribution is -2.33. The van der Waals surface area contributed by atoms with Crippen molar-refractivity contribution in [3.8, 4) is 0 Å². The van der Waals surface area contributed by atoms with Crippen LogP contribution in [-0.4, -0.2) is 16.9 Å². The van der Waals surface area contributed by atoms with Crippen LogP contribution in [0.15, 0.2) is 46.9 Å². The van der Waals surface area contributed by atoms with E-state index in [4.69, 9.17) is 29.2 Å². The van der Waals surface area contributed by atoms with E-state index in [1.54, 1.807) is 24.3 Å². The molecule has 1 N–H and O–H groups in total. The van der Waals surface area contributed by atoms with Crippen molar-refractivity contribution in [1.82, 2.24) is 0 Å². The molecule has 0 radical (unpaired) electrons. The molecule has 0 bridgehead atoms. The van der Waals surface area contributed by atoms with Gasteiger partial charge in [-0.15, -0.1) is 0 Å². The molecule has 0 aromatic heterocycles. The smallest absolute Gasteiger partial charge is 0.281 e. The summed E-state index contributed by atoms with van der Waals surface area (Å²) in [5.74, 6) is -0.386. The third kappa shape index (κ3) is 3.22. The Bertz CT molecular complexity index is 933. The fourth-order valence-electron chi connectivity index (χ4n) is 2.41. The van der Waals surface area contributed by atoms with E-state index in [9.17, 15) is 18.0 Å². The maximum atomic E-state index is 13.1. The predicted molar refractivity (Wildman–Crippen MR) is 101 cm³/mol. The van der Waals surface area contributed by atoms with Gasteiger partial charge in [-0.25, -0.2) is 14.6 Å². The first-order chi connectivity index (χ1) is 12.1. The number of thiocarbonyl (C=S) groups is 1. The van der Waals surface area contributed by atoms with Crippen molar-refractivity contribution >= 4 is 68.0 Å². The molecule has 2 amide bonds. The first-order valence-electron chi connectivity index (χ1n) is 7.00. The van der Waals surface area contributed by atoms with Crippen LogP contribution in [0.25, 0.3) is 0 Å². The van der Waals surface area contributed by atoms with Crippen LogP contribution >= 0.6 is 39.7 Å². The van der Waals surface area contributed by atoms with Gasteiger partial charge in [0.25, 0.3) is 0 Å². The van der Waals surface area contributed by atoms with Crippen LogP contribution in [0.5, 0.6) is 0 Å². The molecule has 0 atom stereocenters. The fraction of sp³-hybridized carbons (Fsp3) is 0.0625. The van der Waals surface area contributed by atoms with Crippen molar-refractivity contribution in [2.45, 2.75) is 6.18 Å². The van der Waals surface area contributed by atoms with Crippen LogP contribution in [0.4, 0.5) is 29.3 Å². The Hall–Kier alpha value is -1.97. The Balaban J connectivity index is 2.04. The average Bonchev–Trinajstić information content (AvgIpc) is 2.78. The lowest BCUT2D eigenvalue weighted by molar-refractivity contribution is -0.137. The zero-order valence-electron chi connectivity index (χ0n) is 12.6. The van der Waals surface area contributed by atoms with Crippen LogP contribution in [-0.2, 0) is 6.18 Å². The summed E-state index contributed by atoms with van der Waals surface area (Å²) in [6.07, 6.45) is -4.69. The molecule has 0 aliphatic carbocycles. The third-order valence-electron chi connectivity index (χ3n) is 3.61. The maximum Gasteiger partial charge on any atom is 0.417 e. The normalized spacial score (nSPS) is 15.2. The highest BCUT2D eigenvalue weighted by Crippen LogP contribution is 2.38. The van der Waals surface area contributed by atoms with Gasteiger partial charge in [0.1, 0.15) is 0 Å². The largest absolute Gasteiger partial charge is 0.417 e. The first kappa shape index (κ1) is 18.8. The highest BCUT2D eigenvalue weighted by molar-refractivity contribution is 9.10. The zero-order chi connectivity index (χ0) is 19.2. The minimum absolute atomic E-state index is 0.110. The van der Waals surface area contributed by atoms with Gasteiger partial charge in [-0.1, -0.05) is 39.7 Å². The van der Waals surface area contributed by atoms with Crippen LogP contribution in [0.1, 0.15) is 5.56 Å². The van der Waals surface area contributed by atoms with Crippen molar-refractivity contribution in [2.75, 3.05) is 9.80 Å². The number of halogens is 5. The Kier molecular flexibility index (Phi) is 4.80. The Morgan fingerprint density at radius 2 is 1.62 bits per heavy atom. The highest BCUT2D eigenvalue weighted by atomic mass is 79.9. The molecule has 1 heterocycles. The number of alkyl halides is 3. The molecule has 0 saturated carbocycles. The summed E-state index contributed by atoms with van der Waals surface area (Å²) in [6.45, 7) is 0. The number of benzene rings is 2. The van der Waals surface area contributed by atoms with Crippen LogP contribution < -0.4 is 9.80 Å². The van der Waals surface area contributed by atoms with Gasteiger partial charge >= 0.3 is 12.2 Å². The molecule has 0 spiro atoms. The standard InChI is InChI=1S/C16H8BrClF3N3OS/c17-8-1-3-9(4-2-8)24-14(26)13(22)23(15(24)25)10-5-6-12(18)11(7-10)16(19,20)21/h1-7,22H. The molecule has 134 valence electrons. The predicted octanol–water partition coefficient (Wildman–Crippen LogP) is 5.87. The Morgan fingerprint density at radius 1 is 1.04 bits per heavy atom. The molecule has 26 heavy (non-hydrogen) atoms. The minimum Gasteiger partial charge on any atom is -0.281 e. The molecular formula is C16H8BrClF3N3OS. The SMILES string of the molecule is N=C1C(=S)N(c2ccc(Br)cc2)C(=O)N1c1ccc(Cl)c(C(F)(F)F)c1. The van der Waals surface area contributed by atoms with E-state index in [2.05, 4.69) is 15.9 Å². The van der Waals surface area contributed by atoms with Crippen LogP contribution in [0.3, 0.4) is 0 Å². The molecule has 4 nitrogen and oxygen atoms in total. The quantitative estimate of drug-likeness (QED) is 0.567. The molecular weight excluding hydrogens is 455 g/mol. The fourth-order valence-corrected chi connectivity index (χ4v) is 3.17. The number of nitrogens with one attached hydrogen (secondary N) is 1. The van der Waals surface area contributed by atoms with Gasteiger partial charge < -0.3 is 0 Å².